The van der Waals surface area contributed by atoms with Gasteiger partial charge in [-0.25, -0.2) is 0 Å². The average Bonchev–Trinajstić information content (AvgIpc) is 3.60. The number of methoxy groups -OCH3 is 3. The second kappa shape index (κ2) is 10.5. The van der Waals surface area contributed by atoms with Gasteiger partial charge in [0, 0.05) is 35.6 Å². The molecule has 2 unspecified atom stereocenters. The van der Waals surface area contributed by atoms with Crippen LogP contribution in [0.2, 0.25) is 0 Å². The second-order valence-electron chi connectivity index (χ2n) is 10.6. The number of ether oxygens (including phenoxy) is 7. The van der Waals surface area contributed by atoms with Gasteiger partial charge in [0.25, 0.3) is 0 Å². The van der Waals surface area contributed by atoms with Gasteiger partial charge in [0.1, 0.15) is 11.9 Å². The molecule has 9 nitrogen and oxygen atoms in total. The predicted octanol–water partition coefficient (Wildman–Crippen LogP) is 4.76. The summed E-state index contributed by atoms with van der Waals surface area (Å²) < 4.78 is 41.3. The molecular formula is C31H34O9. The first-order valence-corrected chi connectivity index (χ1v) is 13.5. The molecule has 9 heteroatoms. The molecule has 0 amide bonds. The van der Waals surface area contributed by atoms with Crippen molar-refractivity contribution in [1.82, 2.24) is 0 Å². The van der Waals surface area contributed by atoms with Gasteiger partial charge in [-0.3, -0.25) is 4.79 Å². The fourth-order valence-electron chi connectivity index (χ4n) is 6.24. The summed E-state index contributed by atoms with van der Waals surface area (Å²) in [5.74, 6) is 3.06. The molecule has 3 aliphatic rings. The first-order chi connectivity index (χ1) is 19.4. The number of carbonyl (C=O) groups is 1. The van der Waals surface area contributed by atoms with Gasteiger partial charge in [0.2, 0.25) is 13.1 Å². The Balaban J connectivity index is 1.59. The van der Waals surface area contributed by atoms with Crippen LogP contribution in [0.1, 0.15) is 36.2 Å². The SMILES string of the molecule is COc1cc2c(O[C@H]3OC(CO)[C@@H](C)[C@H](C)C3OC)c3c(c(-c4ccc5c(c4)OCO5)c2cc1OC)C(=O)CC3. The third-order valence-electron chi connectivity index (χ3n) is 8.60. The van der Waals surface area contributed by atoms with Crippen LogP contribution in [-0.4, -0.2) is 64.1 Å². The van der Waals surface area contributed by atoms with Crippen LogP contribution in [0.3, 0.4) is 0 Å². The quantitative estimate of drug-likeness (QED) is 0.446. The summed E-state index contributed by atoms with van der Waals surface area (Å²) in [4.78, 5) is 13.5. The molecule has 3 aromatic rings. The molecule has 0 saturated carbocycles. The van der Waals surface area contributed by atoms with E-state index in [2.05, 4.69) is 6.92 Å². The minimum Gasteiger partial charge on any atom is -0.493 e. The van der Waals surface area contributed by atoms with Crippen molar-refractivity contribution < 1.29 is 43.1 Å². The molecule has 1 aliphatic carbocycles. The van der Waals surface area contributed by atoms with Crippen LogP contribution in [0, 0.1) is 11.8 Å². The number of Topliss-reactive ketones (excluding diaryl/α,β-unsaturated/α-hetero) is 1. The molecular weight excluding hydrogens is 516 g/mol. The van der Waals surface area contributed by atoms with Crippen molar-refractivity contribution in [3.05, 3.63) is 41.5 Å². The molecule has 1 fully saturated rings. The van der Waals surface area contributed by atoms with E-state index in [1.54, 1.807) is 21.3 Å². The zero-order chi connectivity index (χ0) is 28.1. The minimum atomic E-state index is -0.791. The molecule has 3 aromatic carbocycles. The monoisotopic (exact) mass is 550 g/mol. The van der Waals surface area contributed by atoms with Crippen molar-refractivity contribution in [3.8, 4) is 39.9 Å². The maximum absolute atomic E-state index is 13.5. The third kappa shape index (κ3) is 4.15. The van der Waals surface area contributed by atoms with Crippen molar-refractivity contribution in [2.24, 2.45) is 11.8 Å². The van der Waals surface area contributed by atoms with E-state index in [0.717, 1.165) is 27.5 Å². The predicted molar refractivity (Wildman–Crippen MR) is 147 cm³/mol. The smallest absolute Gasteiger partial charge is 0.231 e. The number of aliphatic hydroxyl groups excluding tert-OH is 1. The molecule has 40 heavy (non-hydrogen) atoms. The molecule has 0 aromatic heterocycles. The Hall–Kier alpha value is -3.53. The summed E-state index contributed by atoms with van der Waals surface area (Å²) in [6.07, 6.45) is -0.699. The number of fused-ring (bicyclic) bond motifs is 3. The summed E-state index contributed by atoms with van der Waals surface area (Å²) in [6, 6.07) is 9.45. The van der Waals surface area contributed by atoms with Crippen LogP contribution in [0.5, 0.6) is 28.7 Å². The largest absolute Gasteiger partial charge is 0.493 e. The van der Waals surface area contributed by atoms with Crippen LogP contribution in [0.4, 0.5) is 0 Å². The highest BCUT2D eigenvalue weighted by Gasteiger charge is 2.44. The molecule has 1 N–H and O–H groups in total. The lowest BCUT2D eigenvalue weighted by Gasteiger charge is -2.43. The molecule has 2 heterocycles. The number of aliphatic hydroxyl groups is 1. The summed E-state index contributed by atoms with van der Waals surface area (Å²) in [6.45, 7) is 4.13. The highest BCUT2D eigenvalue weighted by atomic mass is 16.7. The van der Waals surface area contributed by atoms with E-state index in [1.807, 2.05) is 37.3 Å². The Bertz CT molecular complexity index is 1470. The highest BCUT2D eigenvalue weighted by Crippen LogP contribution is 2.50. The molecule has 0 spiro atoms. The fraction of sp³-hybridized carbons (Fsp3) is 0.452. The molecule has 212 valence electrons. The fourth-order valence-corrected chi connectivity index (χ4v) is 6.24. The lowest BCUT2D eigenvalue weighted by Crippen LogP contribution is -2.53. The Morgan fingerprint density at radius 1 is 0.900 bits per heavy atom. The van der Waals surface area contributed by atoms with Gasteiger partial charge in [-0.15, -0.1) is 0 Å². The van der Waals surface area contributed by atoms with E-state index in [4.69, 9.17) is 33.2 Å². The second-order valence-corrected chi connectivity index (χ2v) is 10.6. The summed E-state index contributed by atoms with van der Waals surface area (Å²) in [5.41, 5.74) is 3.02. The van der Waals surface area contributed by atoms with Crippen molar-refractivity contribution in [1.29, 1.82) is 0 Å². The van der Waals surface area contributed by atoms with Gasteiger partial charge in [-0.2, -0.15) is 0 Å². The minimum absolute atomic E-state index is 0.0345. The topological polar surface area (TPSA) is 102 Å². The zero-order valence-corrected chi connectivity index (χ0v) is 23.3. The lowest BCUT2D eigenvalue weighted by molar-refractivity contribution is -0.250. The Morgan fingerprint density at radius 3 is 2.33 bits per heavy atom. The van der Waals surface area contributed by atoms with Gasteiger partial charge >= 0.3 is 0 Å². The first-order valence-electron chi connectivity index (χ1n) is 13.5. The lowest BCUT2D eigenvalue weighted by atomic mass is 9.83. The van der Waals surface area contributed by atoms with Crippen LogP contribution in [0.25, 0.3) is 21.9 Å². The number of hydrogen-bond donors (Lipinski definition) is 1. The molecule has 0 radical (unpaired) electrons. The van der Waals surface area contributed by atoms with Crippen molar-refractivity contribution in [2.45, 2.75) is 45.2 Å². The van der Waals surface area contributed by atoms with Crippen LogP contribution < -0.4 is 23.7 Å². The van der Waals surface area contributed by atoms with Gasteiger partial charge in [-0.05, 0) is 53.5 Å². The van der Waals surface area contributed by atoms with E-state index in [-0.39, 0.29) is 37.1 Å². The molecule has 2 aliphatic heterocycles. The third-order valence-corrected chi connectivity index (χ3v) is 8.60. The molecule has 5 atom stereocenters. The van der Waals surface area contributed by atoms with E-state index >= 15 is 0 Å². The van der Waals surface area contributed by atoms with Gasteiger partial charge < -0.3 is 38.3 Å². The van der Waals surface area contributed by atoms with Crippen LogP contribution in [0.15, 0.2) is 30.3 Å². The summed E-state index contributed by atoms with van der Waals surface area (Å²) in [7, 11) is 4.80. The van der Waals surface area contributed by atoms with Gasteiger partial charge in [-0.1, -0.05) is 19.9 Å². The number of carbonyl (C=O) groups excluding carboxylic acids is 1. The Kier molecular flexibility index (Phi) is 6.98. The van der Waals surface area contributed by atoms with E-state index in [0.29, 0.717) is 47.2 Å². The maximum atomic E-state index is 13.5. The Labute approximate surface area is 232 Å². The van der Waals surface area contributed by atoms with E-state index in [1.165, 1.54) is 0 Å². The molecule has 1 saturated heterocycles. The van der Waals surface area contributed by atoms with E-state index < -0.39 is 12.4 Å². The van der Waals surface area contributed by atoms with Gasteiger partial charge in [0.05, 0.1) is 26.9 Å². The van der Waals surface area contributed by atoms with Crippen LogP contribution in [-0.2, 0) is 15.9 Å². The number of ketones is 1. The number of hydrogen-bond acceptors (Lipinski definition) is 9. The highest BCUT2D eigenvalue weighted by molar-refractivity contribution is 6.16. The first kappa shape index (κ1) is 26.7. The van der Waals surface area contributed by atoms with Crippen LogP contribution >= 0.6 is 0 Å². The average molecular weight is 551 g/mol. The summed E-state index contributed by atoms with van der Waals surface area (Å²) >= 11 is 0. The van der Waals surface area contributed by atoms with E-state index in [9.17, 15) is 9.90 Å². The zero-order valence-electron chi connectivity index (χ0n) is 23.3. The maximum Gasteiger partial charge on any atom is 0.231 e. The molecule has 6 rings (SSSR count). The van der Waals surface area contributed by atoms with Crippen molar-refractivity contribution in [2.75, 3.05) is 34.7 Å². The standard InChI is InChI=1S/C31H34O9/c1-15-16(2)29(36-5)31(39-26(15)13-32)40-30-18-7-8-21(33)28(18)27(17-6-9-22-25(10-17)38-14-37-22)19-11-23(34-3)24(35-4)12-20(19)30/h6,9-12,15-16,26,29,31-32H,7-8,13-14H2,1-5H3/t15-,16-,26?,29?,31+/m0/s1. The van der Waals surface area contributed by atoms with Crippen molar-refractivity contribution >= 4 is 16.6 Å². The molecule has 0 bridgehead atoms. The van der Waals surface area contributed by atoms with Gasteiger partial charge in [0.15, 0.2) is 28.8 Å². The van der Waals surface area contributed by atoms with Crippen molar-refractivity contribution in [3.63, 3.8) is 0 Å². The number of rotatable bonds is 7. The Morgan fingerprint density at radius 2 is 1.62 bits per heavy atom. The normalized spacial score (nSPS) is 25.2. The summed E-state index contributed by atoms with van der Waals surface area (Å²) in [5, 5.41) is 11.5. The number of benzene rings is 3.